The van der Waals surface area contributed by atoms with Crippen molar-refractivity contribution >= 4 is 22.3 Å². The van der Waals surface area contributed by atoms with Crippen LogP contribution in [-0.4, -0.2) is 20.5 Å². The van der Waals surface area contributed by atoms with Crippen molar-refractivity contribution in [1.29, 1.82) is 0 Å². The molecular formula is C14H12N2O2S. The third kappa shape index (κ3) is 1.82. The van der Waals surface area contributed by atoms with E-state index in [1.54, 1.807) is 6.20 Å². The number of carboxylic acids is 1. The summed E-state index contributed by atoms with van der Waals surface area (Å²) in [5, 5.41) is 9.38. The second kappa shape index (κ2) is 4.20. The van der Waals surface area contributed by atoms with E-state index in [1.807, 2.05) is 42.5 Å². The van der Waals surface area contributed by atoms with Gasteiger partial charge < -0.3 is 5.11 Å². The first kappa shape index (κ1) is 11.9. The molecule has 0 saturated carbocycles. The van der Waals surface area contributed by atoms with Gasteiger partial charge in [0, 0.05) is 17.5 Å². The molecule has 1 aromatic carbocycles. The van der Waals surface area contributed by atoms with Gasteiger partial charge in [-0.1, -0.05) is 35.1 Å². The molecule has 0 amide bonds. The van der Waals surface area contributed by atoms with Crippen LogP contribution in [0.1, 0.15) is 20.9 Å². The first-order valence-corrected chi connectivity index (χ1v) is 6.67. The number of fused-ring (bicyclic) bond motifs is 1. The zero-order valence-corrected chi connectivity index (χ0v) is 11.4. The van der Waals surface area contributed by atoms with Crippen LogP contribution in [0, 0.1) is 13.8 Å². The number of rotatable bonds is 2. The van der Waals surface area contributed by atoms with Gasteiger partial charge in [-0.2, -0.15) is 0 Å². The molecule has 96 valence electrons. The summed E-state index contributed by atoms with van der Waals surface area (Å²) < 4.78 is 1.91. The maximum absolute atomic E-state index is 11.4. The smallest absolute Gasteiger partial charge is 0.348 e. The van der Waals surface area contributed by atoms with E-state index in [1.165, 1.54) is 11.3 Å². The number of benzene rings is 1. The maximum atomic E-state index is 11.4. The third-order valence-electron chi connectivity index (χ3n) is 3.02. The fourth-order valence-corrected chi connectivity index (χ4v) is 3.21. The summed E-state index contributed by atoms with van der Waals surface area (Å²) in [6.45, 7) is 3.92. The topological polar surface area (TPSA) is 54.6 Å². The molecule has 2 aromatic heterocycles. The lowest BCUT2D eigenvalue weighted by atomic mass is 10.1. The molecule has 0 saturated heterocycles. The predicted octanol–water partition coefficient (Wildman–Crippen LogP) is 3.38. The summed E-state index contributed by atoms with van der Waals surface area (Å²) in [5.74, 6) is -0.911. The van der Waals surface area contributed by atoms with Crippen molar-refractivity contribution in [2.75, 3.05) is 0 Å². The predicted molar refractivity (Wildman–Crippen MR) is 74.9 cm³/mol. The van der Waals surface area contributed by atoms with Crippen LogP contribution in [-0.2, 0) is 0 Å². The molecule has 2 heterocycles. The van der Waals surface area contributed by atoms with E-state index >= 15 is 0 Å². The molecule has 19 heavy (non-hydrogen) atoms. The van der Waals surface area contributed by atoms with Gasteiger partial charge in [0.15, 0.2) is 4.96 Å². The van der Waals surface area contributed by atoms with Crippen molar-refractivity contribution in [3.05, 3.63) is 46.6 Å². The largest absolute Gasteiger partial charge is 0.477 e. The van der Waals surface area contributed by atoms with Gasteiger partial charge in [0.1, 0.15) is 4.88 Å². The highest BCUT2D eigenvalue weighted by Gasteiger charge is 2.21. The monoisotopic (exact) mass is 272 g/mol. The van der Waals surface area contributed by atoms with E-state index in [-0.39, 0.29) is 0 Å². The molecule has 0 aliphatic rings. The highest BCUT2D eigenvalue weighted by Crippen LogP contribution is 2.33. The van der Waals surface area contributed by atoms with Gasteiger partial charge in [0.05, 0.1) is 5.69 Å². The van der Waals surface area contributed by atoms with Gasteiger partial charge >= 0.3 is 5.97 Å². The molecule has 0 fully saturated rings. The SMILES string of the molecule is Cc1cccc(-c2c(C(=O)O)sc3ncc(C)n23)c1. The Balaban J connectivity index is 2.39. The molecule has 0 unspecified atom stereocenters. The minimum atomic E-state index is -0.911. The summed E-state index contributed by atoms with van der Waals surface area (Å²) in [6.07, 6.45) is 1.76. The van der Waals surface area contributed by atoms with E-state index in [2.05, 4.69) is 4.98 Å². The number of aryl methyl sites for hydroxylation is 2. The molecule has 5 heteroatoms. The first-order valence-electron chi connectivity index (χ1n) is 5.85. The number of aromatic nitrogens is 2. The molecule has 3 rings (SSSR count). The van der Waals surface area contributed by atoms with Crippen LogP contribution < -0.4 is 0 Å². The van der Waals surface area contributed by atoms with Crippen molar-refractivity contribution < 1.29 is 9.90 Å². The van der Waals surface area contributed by atoms with E-state index in [9.17, 15) is 9.90 Å². The summed E-state index contributed by atoms with van der Waals surface area (Å²) >= 11 is 1.21. The highest BCUT2D eigenvalue weighted by atomic mass is 32.1. The van der Waals surface area contributed by atoms with Crippen molar-refractivity contribution in [2.45, 2.75) is 13.8 Å². The van der Waals surface area contributed by atoms with Gasteiger partial charge in [0.2, 0.25) is 0 Å². The quantitative estimate of drug-likeness (QED) is 0.778. The Morgan fingerprint density at radius 2 is 2.16 bits per heavy atom. The Morgan fingerprint density at radius 1 is 1.37 bits per heavy atom. The molecule has 0 aliphatic heterocycles. The summed E-state index contributed by atoms with van der Waals surface area (Å²) in [4.78, 5) is 16.7. The van der Waals surface area contributed by atoms with E-state index < -0.39 is 5.97 Å². The Morgan fingerprint density at radius 3 is 2.84 bits per heavy atom. The van der Waals surface area contributed by atoms with Crippen LogP contribution in [0.15, 0.2) is 30.5 Å². The maximum Gasteiger partial charge on any atom is 0.348 e. The van der Waals surface area contributed by atoms with E-state index in [0.29, 0.717) is 15.5 Å². The molecule has 0 atom stereocenters. The van der Waals surface area contributed by atoms with Crippen LogP contribution in [0.2, 0.25) is 0 Å². The lowest BCUT2D eigenvalue weighted by Gasteiger charge is -2.05. The molecule has 0 aliphatic carbocycles. The number of carboxylic acid groups (broad SMARTS) is 1. The number of carbonyl (C=O) groups is 1. The molecular weight excluding hydrogens is 260 g/mol. The Kier molecular flexibility index (Phi) is 2.64. The molecule has 0 spiro atoms. The van der Waals surface area contributed by atoms with Gasteiger partial charge in [-0.3, -0.25) is 4.40 Å². The first-order chi connectivity index (χ1) is 9.08. The summed E-state index contributed by atoms with van der Waals surface area (Å²) in [7, 11) is 0. The molecule has 0 bridgehead atoms. The van der Waals surface area contributed by atoms with Gasteiger partial charge in [0.25, 0.3) is 0 Å². The Labute approximate surface area is 114 Å². The standard InChI is InChI=1S/C14H12N2O2S/c1-8-4-3-5-10(6-8)11-12(13(17)18)19-14-15-7-9(2)16(11)14/h3-7H,1-2H3,(H,17,18). The summed E-state index contributed by atoms with van der Waals surface area (Å²) in [5.41, 5.74) is 3.66. The van der Waals surface area contributed by atoms with Gasteiger partial charge in [-0.25, -0.2) is 9.78 Å². The molecule has 0 radical (unpaired) electrons. The van der Waals surface area contributed by atoms with E-state index in [4.69, 9.17) is 0 Å². The van der Waals surface area contributed by atoms with Crippen molar-refractivity contribution in [1.82, 2.24) is 9.38 Å². The second-order valence-corrected chi connectivity index (χ2v) is 5.45. The molecule has 4 nitrogen and oxygen atoms in total. The minimum Gasteiger partial charge on any atom is -0.477 e. The van der Waals surface area contributed by atoms with Crippen LogP contribution in [0.5, 0.6) is 0 Å². The molecule has 1 N–H and O–H groups in total. The lowest BCUT2D eigenvalue weighted by molar-refractivity contribution is 0.0702. The summed E-state index contributed by atoms with van der Waals surface area (Å²) in [6, 6.07) is 7.86. The average Bonchev–Trinajstić information content (AvgIpc) is 2.90. The second-order valence-electron chi connectivity index (χ2n) is 4.47. The van der Waals surface area contributed by atoms with Crippen molar-refractivity contribution in [3.8, 4) is 11.3 Å². The van der Waals surface area contributed by atoms with Crippen molar-refractivity contribution in [2.24, 2.45) is 0 Å². The fourth-order valence-electron chi connectivity index (χ4n) is 2.20. The van der Waals surface area contributed by atoms with Gasteiger partial charge in [-0.05, 0) is 19.9 Å². The van der Waals surface area contributed by atoms with E-state index in [0.717, 1.165) is 16.8 Å². The lowest BCUT2D eigenvalue weighted by Crippen LogP contribution is -1.98. The minimum absolute atomic E-state index is 0.330. The highest BCUT2D eigenvalue weighted by molar-refractivity contribution is 7.19. The fraction of sp³-hybridized carbons (Fsp3) is 0.143. The van der Waals surface area contributed by atoms with Gasteiger partial charge in [-0.15, -0.1) is 0 Å². The van der Waals surface area contributed by atoms with Crippen molar-refractivity contribution in [3.63, 3.8) is 0 Å². The normalized spacial score (nSPS) is 11.1. The zero-order chi connectivity index (χ0) is 13.6. The number of aromatic carboxylic acids is 1. The van der Waals surface area contributed by atoms with Crippen LogP contribution >= 0.6 is 11.3 Å². The Bertz CT molecular complexity index is 786. The zero-order valence-electron chi connectivity index (χ0n) is 10.5. The van der Waals surface area contributed by atoms with Crippen LogP contribution in [0.3, 0.4) is 0 Å². The number of hydrogen-bond donors (Lipinski definition) is 1. The molecule has 3 aromatic rings. The van der Waals surface area contributed by atoms with Crippen LogP contribution in [0.4, 0.5) is 0 Å². The number of hydrogen-bond acceptors (Lipinski definition) is 3. The number of thiazole rings is 1. The third-order valence-corrected chi connectivity index (χ3v) is 4.07. The van der Waals surface area contributed by atoms with Crippen LogP contribution in [0.25, 0.3) is 16.2 Å². The average molecular weight is 272 g/mol. The Hall–Kier alpha value is -2.14. The number of imidazole rings is 1. The number of nitrogens with zero attached hydrogens (tertiary/aromatic N) is 2.